The van der Waals surface area contributed by atoms with Crippen molar-refractivity contribution in [3.8, 4) is 18.2 Å². The first-order valence-electron chi connectivity index (χ1n) is 3.99. The van der Waals surface area contributed by atoms with Gasteiger partial charge < -0.3 is 10.1 Å². The molecule has 0 fully saturated rings. The SMILES string of the molecule is C#CCOc1cncc(NCC)n1. The molecule has 0 atom stereocenters. The van der Waals surface area contributed by atoms with Crippen molar-refractivity contribution in [1.82, 2.24) is 9.97 Å². The molecule has 0 saturated carbocycles. The highest BCUT2D eigenvalue weighted by Crippen LogP contribution is 2.07. The van der Waals surface area contributed by atoms with Gasteiger partial charge >= 0.3 is 0 Å². The van der Waals surface area contributed by atoms with Crippen LogP contribution in [0.5, 0.6) is 5.88 Å². The number of hydrogen-bond acceptors (Lipinski definition) is 4. The topological polar surface area (TPSA) is 47.0 Å². The molecule has 1 aromatic heterocycles. The molecule has 0 amide bonds. The van der Waals surface area contributed by atoms with Gasteiger partial charge in [-0.1, -0.05) is 5.92 Å². The summed E-state index contributed by atoms with van der Waals surface area (Å²) in [6.45, 7) is 2.99. The van der Waals surface area contributed by atoms with Gasteiger partial charge in [0.15, 0.2) is 6.61 Å². The molecule has 1 rings (SSSR count). The van der Waals surface area contributed by atoms with Crippen LogP contribution in [0.3, 0.4) is 0 Å². The Morgan fingerprint density at radius 1 is 1.62 bits per heavy atom. The van der Waals surface area contributed by atoms with Crippen molar-refractivity contribution in [1.29, 1.82) is 0 Å². The van der Waals surface area contributed by atoms with Crippen LogP contribution in [-0.2, 0) is 0 Å². The van der Waals surface area contributed by atoms with E-state index < -0.39 is 0 Å². The Bertz CT molecular complexity index is 306. The summed E-state index contributed by atoms with van der Waals surface area (Å²) in [5.74, 6) is 3.49. The Morgan fingerprint density at radius 3 is 3.15 bits per heavy atom. The molecule has 0 unspecified atom stereocenters. The largest absolute Gasteiger partial charge is 0.463 e. The summed E-state index contributed by atoms with van der Waals surface area (Å²) >= 11 is 0. The Balaban J connectivity index is 2.63. The fraction of sp³-hybridized carbons (Fsp3) is 0.333. The number of hydrogen-bond donors (Lipinski definition) is 1. The second-order valence-corrected chi connectivity index (χ2v) is 2.27. The van der Waals surface area contributed by atoms with Gasteiger partial charge in [0, 0.05) is 6.54 Å². The maximum absolute atomic E-state index is 5.09. The van der Waals surface area contributed by atoms with Gasteiger partial charge in [-0.05, 0) is 6.92 Å². The van der Waals surface area contributed by atoms with Crippen molar-refractivity contribution >= 4 is 5.82 Å². The highest BCUT2D eigenvalue weighted by atomic mass is 16.5. The second kappa shape index (κ2) is 4.99. The van der Waals surface area contributed by atoms with Crippen molar-refractivity contribution < 1.29 is 4.74 Å². The van der Waals surface area contributed by atoms with Gasteiger partial charge in [-0.15, -0.1) is 6.42 Å². The van der Waals surface area contributed by atoms with E-state index in [1.54, 1.807) is 6.20 Å². The molecule has 0 saturated heterocycles. The van der Waals surface area contributed by atoms with Crippen LogP contribution in [0.25, 0.3) is 0 Å². The molecule has 0 radical (unpaired) electrons. The maximum atomic E-state index is 5.09. The smallest absolute Gasteiger partial charge is 0.235 e. The summed E-state index contributed by atoms with van der Waals surface area (Å²) < 4.78 is 5.09. The fourth-order valence-electron chi connectivity index (χ4n) is 0.800. The first kappa shape index (κ1) is 9.33. The molecular weight excluding hydrogens is 166 g/mol. The predicted octanol–water partition coefficient (Wildman–Crippen LogP) is 0.920. The van der Waals surface area contributed by atoms with E-state index in [1.807, 2.05) is 6.92 Å². The standard InChI is InChI=1S/C9H11N3O/c1-3-5-13-9-7-10-6-8(12-9)11-4-2/h1,6-7H,4-5H2,2H3,(H,11,12). The van der Waals surface area contributed by atoms with Crippen LogP contribution in [-0.4, -0.2) is 23.1 Å². The molecule has 0 aromatic carbocycles. The summed E-state index contributed by atoms with van der Waals surface area (Å²) in [4.78, 5) is 8.05. The van der Waals surface area contributed by atoms with E-state index in [0.717, 1.165) is 6.54 Å². The third-order valence-electron chi connectivity index (χ3n) is 1.27. The van der Waals surface area contributed by atoms with Gasteiger partial charge in [-0.3, -0.25) is 4.98 Å². The predicted molar refractivity (Wildman–Crippen MR) is 50.5 cm³/mol. The van der Waals surface area contributed by atoms with E-state index in [0.29, 0.717) is 11.7 Å². The summed E-state index contributed by atoms with van der Waals surface area (Å²) in [7, 11) is 0. The number of ether oxygens (including phenoxy) is 1. The molecule has 4 heteroatoms. The zero-order valence-electron chi connectivity index (χ0n) is 7.45. The minimum Gasteiger partial charge on any atom is -0.463 e. The normalized spacial score (nSPS) is 8.92. The average molecular weight is 177 g/mol. The number of nitrogens with one attached hydrogen (secondary N) is 1. The van der Waals surface area contributed by atoms with Gasteiger partial charge in [-0.2, -0.15) is 4.98 Å². The molecule has 4 nitrogen and oxygen atoms in total. The van der Waals surface area contributed by atoms with Gasteiger partial charge in [-0.25, -0.2) is 0 Å². The molecule has 0 bridgehead atoms. The van der Waals surface area contributed by atoms with Gasteiger partial charge in [0.25, 0.3) is 0 Å². The Hall–Kier alpha value is -1.76. The summed E-state index contributed by atoms with van der Waals surface area (Å²) in [6.07, 6.45) is 8.19. The lowest BCUT2D eigenvalue weighted by Gasteiger charge is -2.03. The molecule has 1 N–H and O–H groups in total. The van der Waals surface area contributed by atoms with Crippen LogP contribution in [0.4, 0.5) is 5.82 Å². The maximum Gasteiger partial charge on any atom is 0.235 e. The number of nitrogens with zero attached hydrogens (tertiary/aromatic N) is 2. The van der Waals surface area contributed by atoms with Crippen LogP contribution < -0.4 is 10.1 Å². The third-order valence-corrected chi connectivity index (χ3v) is 1.27. The van der Waals surface area contributed by atoms with Gasteiger partial charge in [0.1, 0.15) is 5.82 Å². The van der Waals surface area contributed by atoms with Crippen molar-refractivity contribution in [3.63, 3.8) is 0 Å². The average Bonchev–Trinajstić information content (AvgIpc) is 2.16. The van der Waals surface area contributed by atoms with Gasteiger partial charge in [0.05, 0.1) is 12.4 Å². The Morgan fingerprint density at radius 2 is 2.46 bits per heavy atom. The molecule has 13 heavy (non-hydrogen) atoms. The monoisotopic (exact) mass is 177 g/mol. The van der Waals surface area contributed by atoms with Crippen LogP contribution in [0.2, 0.25) is 0 Å². The highest BCUT2D eigenvalue weighted by molar-refractivity contribution is 5.32. The lowest BCUT2D eigenvalue weighted by Crippen LogP contribution is -2.02. The van der Waals surface area contributed by atoms with E-state index in [-0.39, 0.29) is 6.61 Å². The van der Waals surface area contributed by atoms with Crippen LogP contribution in [0.15, 0.2) is 12.4 Å². The van der Waals surface area contributed by atoms with Crippen molar-refractivity contribution in [2.24, 2.45) is 0 Å². The lowest BCUT2D eigenvalue weighted by atomic mass is 10.6. The molecular formula is C9H11N3O. The Kier molecular flexibility index (Phi) is 3.58. The zero-order valence-corrected chi connectivity index (χ0v) is 7.45. The highest BCUT2D eigenvalue weighted by Gasteiger charge is 1.96. The van der Waals surface area contributed by atoms with Gasteiger partial charge in [0.2, 0.25) is 5.88 Å². The second-order valence-electron chi connectivity index (χ2n) is 2.27. The van der Waals surface area contributed by atoms with Crippen molar-refractivity contribution in [3.05, 3.63) is 12.4 Å². The zero-order chi connectivity index (χ0) is 9.52. The quantitative estimate of drug-likeness (QED) is 0.695. The van der Waals surface area contributed by atoms with E-state index in [4.69, 9.17) is 11.2 Å². The third kappa shape index (κ3) is 2.99. The molecule has 1 heterocycles. The molecule has 0 aliphatic rings. The molecule has 0 spiro atoms. The molecule has 0 aliphatic heterocycles. The summed E-state index contributed by atoms with van der Waals surface area (Å²) in [5, 5.41) is 3.02. The van der Waals surface area contributed by atoms with Crippen molar-refractivity contribution in [2.45, 2.75) is 6.92 Å². The fourth-order valence-corrected chi connectivity index (χ4v) is 0.800. The van der Waals surface area contributed by atoms with Crippen LogP contribution >= 0.6 is 0 Å². The first-order valence-corrected chi connectivity index (χ1v) is 3.99. The van der Waals surface area contributed by atoms with E-state index in [1.165, 1.54) is 6.20 Å². The van der Waals surface area contributed by atoms with Crippen LogP contribution in [0.1, 0.15) is 6.92 Å². The molecule has 0 aliphatic carbocycles. The number of rotatable bonds is 4. The minimum atomic E-state index is 0.213. The van der Waals surface area contributed by atoms with E-state index >= 15 is 0 Å². The number of aromatic nitrogens is 2. The van der Waals surface area contributed by atoms with Crippen LogP contribution in [0, 0.1) is 12.3 Å². The molecule has 1 aromatic rings. The summed E-state index contributed by atoms with van der Waals surface area (Å²) in [6, 6.07) is 0. The van der Waals surface area contributed by atoms with E-state index in [2.05, 4.69) is 21.2 Å². The lowest BCUT2D eigenvalue weighted by molar-refractivity contribution is 0.354. The Labute approximate surface area is 77.4 Å². The first-order chi connectivity index (χ1) is 6.36. The summed E-state index contributed by atoms with van der Waals surface area (Å²) in [5.41, 5.74) is 0. The van der Waals surface area contributed by atoms with Crippen molar-refractivity contribution in [2.75, 3.05) is 18.5 Å². The number of anilines is 1. The minimum absolute atomic E-state index is 0.213. The van der Waals surface area contributed by atoms with E-state index in [9.17, 15) is 0 Å². The molecule has 68 valence electrons. The number of terminal acetylenes is 1.